The van der Waals surface area contributed by atoms with Gasteiger partial charge in [-0.15, -0.1) is 11.3 Å². The third-order valence-corrected chi connectivity index (χ3v) is 4.92. The van der Waals surface area contributed by atoms with Crippen molar-refractivity contribution in [1.82, 2.24) is 5.32 Å². The molecule has 3 aromatic rings. The van der Waals surface area contributed by atoms with Crippen molar-refractivity contribution in [2.75, 3.05) is 6.54 Å². The number of rotatable bonds is 8. The topological polar surface area (TPSA) is 55.4 Å². The summed E-state index contributed by atoms with van der Waals surface area (Å²) in [6.45, 7) is 0.715. The van der Waals surface area contributed by atoms with Crippen LogP contribution < -0.4 is 5.32 Å². The summed E-state index contributed by atoms with van der Waals surface area (Å²) in [4.78, 5) is 24.3. The van der Waals surface area contributed by atoms with Crippen LogP contribution >= 0.6 is 11.3 Å². The second kappa shape index (κ2) is 9.69. The van der Waals surface area contributed by atoms with E-state index in [4.69, 9.17) is 4.74 Å². The average molecular weight is 379 g/mol. The van der Waals surface area contributed by atoms with E-state index in [0.717, 1.165) is 16.7 Å². The fourth-order valence-corrected chi connectivity index (χ4v) is 3.23. The molecule has 27 heavy (non-hydrogen) atoms. The van der Waals surface area contributed by atoms with Crippen LogP contribution in [-0.4, -0.2) is 18.4 Å². The Morgan fingerprint density at radius 2 is 1.63 bits per heavy atom. The third kappa shape index (κ3) is 5.79. The number of hydrogen-bond acceptors (Lipinski definition) is 4. The summed E-state index contributed by atoms with van der Waals surface area (Å²) in [6, 6.07) is 21.7. The highest BCUT2D eigenvalue weighted by atomic mass is 32.1. The summed E-state index contributed by atoms with van der Waals surface area (Å²) < 4.78 is 5.30. The molecule has 0 bridgehead atoms. The van der Waals surface area contributed by atoms with Crippen LogP contribution in [0.4, 0.5) is 0 Å². The van der Waals surface area contributed by atoms with E-state index >= 15 is 0 Å². The second-order valence-corrected chi connectivity index (χ2v) is 7.01. The highest BCUT2D eigenvalue weighted by Crippen LogP contribution is 2.19. The van der Waals surface area contributed by atoms with Crippen LogP contribution in [0.5, 0.6) is 0 Å². The average Bonchev–Trinajstić information content (AvgIpc) is 3.25. The molecule has 0 radical (unpaired) electrons. The molecule has 0 aliphatic carbocycles. The number of nitrogens with one attached hydrogen (secondary N) is 1. The van der Waals surface area contributed by atoms with Crippen molar-refractivity contribution >= 4 is 23.2 Å². The molecule has 0 atom stereocenters. The molecule has 5 heteroatoms. The monoisotopic (exact) mass is 379 g/mol. The fourth-order valence-electron chi connectivity index (χ4n) is 2.59. The van der Waals surface area contributed by atoms with Gasteiger partial charge in [-0.2, -0.15) is 0 Å². The summed E-state index contributed by atoms with van der Waals surface area (Å²) in [5.74, 6) is -0.357. The van der Waals surface area contributed by atoms with Crippen LogP contribution in [0, 0.1) is 0 Å². The van der Waals surface area contributed by atoms with Crippen LogP contribution in [0.15, 0.2) is 72.1 Å². The van der Waals surface area contributed by atoms with Crippen molar-refractivity contribution < 1.29 is 14.3 Å². The van der Waals surface area contributed by atoms with E-state index in [1.54, 1.807) is 6.07 Å². The standard InChI is InChI=1S/C22H21NO3S/c24-21(9-4-14-23-22(25)20-8-5-15-27-20)26-16-17-10-12-19(13-11-17)18-6-2-1-3-7-18/h1-3,5-8,10-13,15H,4,9,14,16H2,(H,23,25). The van der Waals surface area contributed by atoms with E-state index in [-0.39, 0.29) is 24.9 Å². The first kappa shape index (κ1) is 18.9. The van der Waals surface area contributed by atoms with E-state index in [1.807, 2.05) is 53.9 Å². The normalized spacial score (nSPS) is 10.4. The van der Waals surface area contributed by atoms with Gasteiger partial charge in [0.15, 0.2) is 0 Å². The molecule has 2 aromatic carbocycles. The van der Waals surface area contributed by atoms with Gasteiger partial charge in [0.2, 0.25) is 0 Å². The van der Waals surface area contributed by atoms with Gasteiger partial charge in [0.1, 0.15) is 6.61 Å². The summed E-state index contributed by atoms with van der Waals surface area (Å²) in [6.07, 6.45) is 0.843. The number of benzene rings is 2. The first-order valence-corrected chi connectivity index (χ1v) is 9.72. The number of carbonyl (C=O) groups excluding carboxylic acids is 2. The fraction of sp³-hybridized carbons (Fsp3) is 0.182. The van der Waals surface area contributed by atoms with Gasteiger partial charge in [0, 0.05) is 13.0 Å². The Morgan fingerprint density at radius 3 is 2.33 bits per heavy atom. The molecule has 3 rings (SSSR count). The molecule has 0 aliphatic heterocycles. The molecule has 4 nitrogen and oxygen atoms in total. The first-order valence-electron chi connectivity index (χ1n) is 8.84. The van der Waals surface area contributed by atoms with E-state index in [0.29, 0.717) is 17.8 Å². The second-order valence-electron chi connectivity index (χ2n) is 6.06. The van der Waals surface area contributed by atoms with Crippen molar-refractivity contribution in [3.8, 4) is 11.1 Å². The van der Waals surface area contributed by atoms with Crippen LogP contribution in [0.1, 0.15) is 28.1 Å². The highest BCUT2D eigenvalue weighted by Gasteiger charge is 2.07. The van der Waals surface area contributed by atoms with Crippen LogP contribution in [0.25, 0.3) is 11.1 Å². The molecule has 0 aliphatic rings. The van der Waals surface area contributed by atoms with Crippen LogP contribution in [-0.2, 0) is 16.1 Å². The van der Waals surface area contributed by atoms with Gasteiger partial charge in [0.05, 0.1) is 4.88 Å². The lowest BCUT2D eigenvalue weighted by Gasteiger charge is -2.07. The molecule has 0 unspecified atom stereocenters. The van der Waals surface area contributed by atoms with Gasteiger partial charge in [-0.3, -0.25) is 9.59 Å². The molecule has 1 aromatic heterocycles. The van der Waals surface area contributed by atoms with Crippen molar-refractivity contribution in [2.24, 2.45) is 0 Å². The quantitative estimate of drug-likeness (QED) is 0.457. The lowest BCUT2D eigenvalue weighted by molar-refractivity contribution is -0.145. The van der Waals surface area contributed by atoms with E-state index in [1.165, 1.54) is 11.3 Å². The Kier molecular flexibility index (Phi) is 6.77. The number of esters is 1. The molecule has 1 amide bonds. The van der Waals surface area contributed by atoms with Crippen LogP contribution in [0.3, 0.4) is 0 Å². The minimum atomic E-state index is -0.257. The molecule has 138 valence electrons. The number of ether oxygens (including phenoxy) is 1. The van der Waals surface area contributed by atoms with Gasteiger partial charge in [0.25, 0.3) is 5.91 Å². The minimum absolute atomic E-state index is 0.100. The van der Waals surface area contributed by atoms with Crippen molar-refractivity contribution in [1.29, 1.82) is 0 Å². The molecular weight excluding hydrogens is 358 g/mol. The molecule has 0 saturated carbocycles. The molecular formula is C22H21NO3S. The Morgan fingerprint density at radius 1 is 0.889 bits per heavy atom. The summed E-state index contributed by atoms with van der Waals surface area (Å²) in [5.41, 5.74) is 3.24. The van der Waals surface area contributed by atoms with E-state index in [2.05, 4.69) is 17.4 Å². The first-order chi connectivity index (χ1) is 13.2. The predicted molar refractivity (Wildman–Crippen MR) is 108 cm³/mol. The largest absolute Gasteiger partial charge is 0.461 e. The van der Waals surface area contributed by atoms with Crippen molar-refractivity contribution in [3.63, 3.8) is 0 Å². The van der Waals surface area contributed by atoms with Crippen molar-refractivity contribution in [3.05, 3.63) is 82.6 Å². The number of hydrogen-bond donors (Lipinski definition) is 1. The Bertz CT molecular complexity index is 858. The van der Waals surface area contributed by atoms with Gasteiger partial charge in [-0.05, 0) is 34.6 Å². The Balaban J connectivity index is 1.36. The maximum absolute atomic E-state index is 11.8. The van der Waals surface area contributed by atoms with E-state index < -0.39 is 0 Å². The number of carbonyl (C=O) groups is 2. The SMILES string of the molecule is O=C(CCCNC(=O)c1cccs1)OCc1ccc(-c2ccccc2)cc1. The van der Waals surface area contributed by atoms with Crippen molar-refractivity contribution in [2.45, 2.75) is 19.4 Å². The zero-order valence-electron chi connectivity index (χ0n) is 14.9. The molecule has 1 N–H and O–H groups in total. The van der Waals surface area contributed by atoms with Gasteiger partial charge in [-0.1, -0.05) is 60.7 Å². The van der Waals surface area contributed by atoms with E-state index in [9.17, 15) is 9.59 Å². The smallest absolute Gasteiger partial charge is 0.306 e. The number of amides is 1. The van der Waals surface area contributed by atoms with Gasteiger partial charge in [-0.25, -0.2) is 0 Å². The lowest BCUT2D eigenvalue weighted by Crippen LogP contribution is -2.24. The number of thiophene rings is 1. The summed E-state index contributed by atoms with van der Waals surface area (Å²) in [5, 5.41) is 4.66. The van der Waals surface area contributed by atoms with Gasteiger partial charge < -0.3 is 10.1 Å². The highest BCUT2D eigenvalue weighted by molar-refractivity contribution is 7.12. The lowest BCUT2D eigenvalue weighted by atomic mass is 10.0. The maximum Gasteiger partial charge on any atom is 0.306 e. The molecule has 1 heterocycles. The zero-order chi connectivity index (χ0) is 18.9. The maximum atomic E-state index is 11.8. The Hall–Kier alpha value is -2.92. The Labute approximate surface area is 162 Å². The summed E-state index contributed by atoms with van der Waals surface area (Å²) >= 11 is 1.40. The molecule has 0 saturated heterocycles. The predicted octanol–water partition coefficient (Wildman–Crippen LogP) is 4.67. The summed E-state index contributed by atoms with van der Waals surface area (Å²) in [7, 11) is 0. The van der Waals surface area contributed by atoms with Crippen LogP contribution in [0.2, 0.25) is 0 Å². The third-order valence-electron chi connectivity index (χ3n) is 4.05. The minimum Gasteiger partial charge on any atom is -0.461 e. The zero-order valence-corrected chi connectivity index (χ0v) is 15.7. The van der Waals surface area contributed by atoms with Gasteiger partial charge >= 0.3 is 5.97 Å². The molecule has 0 spiro atoms. The molecule has 0 fully saturated rings.